The molecule has 3 aromatic rings. The van der Waals surface area contributed by atoms with Crippen molar-refractivity contribution in [2.75, 3.05) is 31.8 Å². The predicted molar refractivity (Wildman–Crippen MR) is 111 cm³/mol. The van der Waals surface area contributed by atoms with Crippen LogP contribution in [0.4, 0.5) is 10.3 Å². The van der Waals surface area contributed by atoms with Crippen LogP contribution < -0.4 is 19.9 Å². The zero-order valence-corrected chi connectivity index (χ0v) is 17.1. The van der Waals surface area contributed by atoms with Crippen molar-refractivity contribution >= 4 is 5.95 Å². The first-order valence-electron chi connectivity index (χ1n) is 9.94. The number of halogens is 1. The van der Waals surface area contributed by atoms with Crippen LogP contribution in [0.25, 0.3) is 11.3 Å². The molecule has 1 saturated heterocycles. The molecule has 9 heteroatoms. The molecule has 160 valence electrons. The summed E-state index contributed by atoms with van der Waals surface area (Å²) in [6.07, 6.45) is 2.31. The molecule has 0 radical (unpaired) electrons. The molecule has 1 fully saturated rings. The van der Waals surface area contributed by atoms with Gasteiger partial charge in [-0.1, -0.05) is 0 Å². The standard InChI is InChI=1S/C22H21FN4O4/c1-26-20(28)10-17(14-5-6-24-11-16(14)23)25-22(26)27-7-8-30-21-15-9-13(29-2)3-4-19(15)31-12-18(21)27/h3-6,9-11,18,21H,7-8,12H2,1-2H3/t18-,21+/m0/s1. The predicted octanol–water partition coefficient (Wildman–Crippen LogP) is 2.33. The smallest absolute Gasteiger partial charge is 0.255 e. The first-order valence-corrected chi connectivity index (χ1v) is 9.94. The van der Waals surface area contributed by atoms with Crippen LogP contribution in [0.3, 0.4) is 0 Å². The molecule has 0 bridgehead atoms. The van der Waals surface area contributed by atoms with Gasteiger partial charge in [0, 0.05) is 37.0 Å². The number of benzene rings is 1. The largest absolute Gasteiger partial charge is 0.497 e. The number of methoxy groups -OCH3 is 1. The number of hydrogen-bond donors (Lipinski definition) is 0. The summed E-state index contributed by atoms with van der Waals surface area (Å²) in [5, 5.41) is 0. The van der Waals surface area contributed by atoms with E-state index < -0.39 is 5.82 Å². The minimum Gasteiger partial charge on any atom is -0.497 e. The van der Waals surface area contributed by atoms with Gasteiger partial charge in [0.1, 0.15) is 24.2 Å². The number of rotatable bonds is 3. The van der Waals surface area contributed by atoms with Crippen molar-refractivity contribution in [3.63, 3.8) is 0 Å². The molecule has 0 amide bonds. The number of hydrogen-bond acceptors (Lipinski definition) is 7. The van der Waals surface area contributed by atoms with Gasteiger partial charge in [-0.25, -0.2) is 9.37 Å². The van der Waals surface area contributed by atoms with Crippen LogP contribution in [0.15, 0.2) is 47.5 Å². The minimum atomic E-state index is -0.531. The number of anilines is 1. The summed E-state index contributed by atoms with van der Waals surface area (Å²) in [6, 6.07) is 8.26. The summed E-state index contributed by atoms with van der Waals surface area (Å²) >= 11 is 0. The number of pyridine rings is 1. The Bertz CT molecular complexity index is 1200. The maximum absolute atomic E-state index is 14.3. The topological polar surface area (TPSA) is 78.7 Å². The molecule has 0 N–H and O–H groups in total. The molecule has 0 unspecified atom stereocenters. The van der Waals surface area contributed by atoms with E-state index in [-0.39, 0.29) is 29.0 Å². The van der Waals surface area contributed by atoms with Gasteiger partial charge in [0.2, 0.25) is 5.95 Å². The van der Waals surface area contributed by atoms with Gasteiger partial charge in [0.25, 0.3) is 5.56 Å². The molecule has 8 nitrogen and oxygen atoms in total. The van der Waals surface area contributed by atoms with Crippen molar-refractivity contribution in [1.29, 1.82) is 0 Å². The van der Waals surface area contributed by atoms with Gasteiger partial charge in [-0.3, -0.25) is 14.3 Å². The molecule has 0 spiro atoms. The van der Waals surface area contributed by atoms with Crippen LogP contribution in [-0.4, -0.2) is 47.4 Å². The Morgan fingerprint density at radius 2 is 2.13 bits per heavy atom. The summed E-state index contributed by atoms with van der Waals surface area (Å²) < 4.78 is 33.2. The average Bonchev–Trinajstić information content (AvgIpc) is 2.80. The first kappa shape index (κ1) is 19.5. The van der Waals surface area contributed by atoms with Crippen LogP contribution in [0.1, 0.15) is 11.7 Å². The summed E-state index contributed by atoms with van der Waals surface area (Å²) in [6.45, 7) is 1.33. The monoisotopic (exact) mass is 424 g/mol. The molecule has 31 heavy (non-hydrogen) atoms. The summed E-state index contributed by atoms with van der Waals surface area (Å²) in [5.74, 6) is 1.37. The Morgan fingerprint density at radius 1 is 1.26 bits per heavy atom. The molecule has 0 aliphatic carbocycles. The van der Waals surface area contributed by atoms with Gasteiger partial charge in [-0.05, 0) is 24.3 Å². The zero-order chi connectivity index (χ0) is 21.5. The molecule has 2 aliphatic heterocycles. The summed E-state index contributed by atoms with van der Waals surface area (Å²) in [4.78, 5) is 23.1. The van der Waals surface area contributed by atoms with Gasteiger partial charge >= 0.3 is 0 Å². The van der Waals surface area contributed by atoms with E-state index in [1.165, 1.54) is 22.9 Å². The molecular formula is C22H21FN4O4. The zero-order valence-electron chi connectivity index (χ0n) is 17.1. The lowest BCUT2D eigenvalue weighted by molar-refractivity contribution is -0.0165. The van der Waals surface area contributed by atoms with Crippen molar-refractivity contribution < 1.29 is 18.6 Å². The molecular weight excluding hydrogens is 403 g/mol. The summed E-state index contributed by atoms with van der Waals surface area (Å²) in [5.41, 5.74) is 1.10. The maximum Gasteiger partial charge on any atom is 0.255 e. The highest BCUT2D eigenvalue weighted by atomic mass is 19.1. The van der Waals surface area contributed by atoms with Gasteiger partial charge in [0.05, 0.1) is 31.6 Å². The molecule has 1 aromatic carbocycles. The van der Waals surface area contributed by atoms with Crippen molar-refractivity contribution in [1.82, 2.24) is 14.5 Å². The average molecular weight is 424 g/mol. The van der Waals surface area contributed by atoms with E-state index in [9.17, 15) is 9.18 Å². The van der Waals surface area contributed by atoms with E-state index in [1.807, 2.05) is 23.1 Å². The molecule has 2 atom stereocenters. The van der Waals surface area contributed by atoms with E-state index >= 15 is 0 Å². The highest BCUT2D eigenvalue weighted by molar-refractivity contribution is 5.60. The van der Waals surface area contributed by atoms with Crippen molar-refractivity contribution in [3.05, 3.63) is 64.5 Å². The van der Waals surface area contributed by atoms with E-state index in [2.05, 4.69) is 9.97 Å². The Hall–Kier alpha value is -3.46. The van der Waals surface area contributed by atoms with Gasteiger partial charge in [-0.2, -0.15) is 0 Å². The first-order chi connectivity index (χ1) is 15.1. The molecule has 5 rings (SSSR count). The fourth-order valence-electron chi connectivity index (χ4n) is 4.13. The lowest BCUT2D eigenvalue weighted by Crippen LogP contribution is -2.53. The second kappa shape index (κ2) is 7.66. The molecule has 0 saturated carbocycles. The highest BCUT2D eigenvalue weighted by Crippen LogP contribution is 2.41. The molecule has 2 aromatic heterocycles. The third kappa shape index (κ3) is 3.31. The van der Waals surface area contributed by atoms with Crippen LogP contribution >= 0.6 is 0 Å². The third-order valence-corrected chi connectivity index (χ3v) is 5.73. The van der Waals surface area contributed by atoms with Crippen molar-refractivity contribution in [2.45, 2.75) is 12.1 Å². The van der Waals surface area contributed by atoms with E-state index in [0.29, 0.717) is 31.5 Å². The van der Waals surface area contributed by atoms with Gasteiger partial charge in [-0.15, -0.1) is 0 Å². The fourth-order valence-corrected chi connectivity index (χ4v) is 4.13. The number of ether oxygens (including phenoxy) is 3. The van der Waals surface area contributed by atoms with Crippen LogP contribution in [0.2, 0.25) is 0 Å². The van der Waals surface area contributed by atoms with Crippen LogP contribution in [0, 0.1) is 5.82 Å². The normalized spacial score (nSPS) is 19.9. The fraction of sp³-hybridized carbons (Fsp3) is 0.318. The highest BCUT2D eigenvalue weighted by Gasteiger charge is 2.40. The number of morpholine rings is 1. The molecule has 2 aliphatic rings. The van der Waals surface area contributed by atoms with Crippen LogP contribution in [0.5, 0.6) is 11.5 Å². The Labute approximate surface area is 177 Å². The quantitative estimate of drug-likeness (QED) is 0.639. The Morgan fingerprint density at radius 3 is 2.94 bits per heavy atom. The second-order valence-electron chi connectivity index (χ2n) is 7.46. The minimum absolute atomic E-state index is 0.205. The van der Waals surface area contributed by atoms with Crippen LogP contribution in [-0.2, 0) is 11.8 Å². The maximum atomic E-state index is 14.3. The van der Waals surface area contributed by atoms with Gasteiger partial charge < -0.3 is 19.1 Å². The number of nitrogens with zero attached hydrogens (tertiary/aromatic N) is 4. The van der Waals surface area contributed by atoms with Gasteiger partial charge in [0.15, 0.2) is 5.82 Å². The Kier molecular flexibility index (Phi) is 4.82. The third-order valence-electron chi connectivity index (χ3n) is 5.73. The van der Waals surface area contributed by atoms with E-state index in [4.69, 9.17) is 14.2 Å². The van der Waals surface area contributed by atoms with Crippen molar-refractivity contribution in [3.8, 4) is 22.8 Å². The SMILES string of the molecule is COc1ccc2c(c1)[C@H]1OCCN(c3nc(-c4ccncc4F)cc(=O)n3C)[C@H]1CO2. The van der Waals surface area contributed by atoms with E-state index in [0.717, 1.165) is 17.5 Å². The lowest BCUT2D eigenvalue weighted by atomic mass is 9.96. The number of fused-ring (bicyclic) bond motifs is 3. The van der Waals surface area contributed by atoms with E-state index in [1.54, 1.807) is 14.2 Å². The Balaban J connectivity index is 1.58. The second-order valence-corrected chi connectivity index (χ2v) is 7.46. The number of aromatic nitrogens is 3. The summed E-state index contributed by atoms with van der Waals surface area (Å²) in [7, 11) is 3.27. The van der Waals surface area contributed by atoms with Crippen molar-refractivity contribution in [2.24, 2.45) is 7.05 Å². The molecule has 4 heterocycles. The lowest BCUT2D eigenvalue weighted by Gasteiger charge is -2.44.